The van der Waals surface area contributed by atoms with Crippen molar-refractivity contribution < 1.29 is 23.0 Å². The maximum Gasteiger partial charge on any atom is 0.243 e. The number of benzene rings is 1. The Bertz CT molecular complexity index is 543. The van der Waals surface area contributed by atoms with Gasteiger partial charge in [-0.05, 0) is 37.1 Å². The molecule has 1 fully saturated rings. The Kier molecular flexibility index (Phi) is 5.58. The summed E-state index contributed by atoms with van der Waals surface area (Å²) in [6, 6.07) is 6.25. The number of ether oxygens (including phenoxy) is 2. The Morgan fingerprint density at radius 3 is 2.67 bits per heavy atom. The van der Waals surface area contributed by atoms with E-state index >= 15 is 0 Å². The number of aliphatic hydroxyl groups is 1. The standard InChI is InChI=1S/C14H21NO5S/c1-19-13-3-2-8-15(11-13)21(17,18)14-6-4-12(5-7-14)20-10-9-16/h4-7,13,16H,2-3,8-11H2,1H3. The van der Waals surface area contributed by atoms with E-state index in [9.17, 15) is 8.42 Å². The van der Waals surface area contributed by atoms with Gasteiger partial charge in [0.2, 0.25) is 10.0 Å². The van der Waals surface area contributed by atoms with Crippen molar-refractivity contribution in [2.45, 2.75) is 23.8 Å². The fraction of sp³-hybridized carbons (Fsp3) is 0.571. The maximum atomic E-state index is 12.6. The highest BCUT2D eigenvalue weighted by Crippen LogP contribution is 2.23. The van der Waals surface area contributed by atoms with Crippen LogP contribution in [-0.2, 0) is 14.8 Å². The van der Waals surface area contributed by atoms with Crippen LogP contribution in [-0.4, -0.2) is 57.3 Å². The molecule has 1 saturated heterocycles. The summed E-state index contributed by atoms with van der Waals surface area (Å²) in [5.74, 6) is 0.538. The highest BCUT2D eigenvalue weighted by molar-refractivity contribution is 7.89. The molecule has 1 heterocycles. The first kappa shape index (κ1) is 16.2. The van der Waals surface area contributed by atoms with E-state index in [1.807, 2.05) is 0 Å². The van der Waals surface area contributed by atoms with Gasteiger partial charge in [0.1, 0.15) is 12.4 Å². The summed E-state index contributed by atoms with van der Waals surface area (Å²) in [5, 5.41) is 8.69. The summed E-state index contributed by atoms with van der Waals surface area (Å²) >= 11 is 0. The summed E-state index contributed by atoms with van der Waals surface area (Å²) in [4.78, 5) is 0.246. The van der Waals surface area contributed by atoms with E-state index in [0.717, 1.165) is 12.8 Å². The van der Waals surface area contributed by atoms with Crippen molar-refractivity contribution in [3.63, 3.8) is 0 Å². The Labute approximate surface area is 125 Å². The van der Waals surface area contributed by atoms with Crippen LogP contribution in [0.3, 0.4) is 0 Å². The second-order valence-corrected chi connectivity index (χ2v) is 6.84. The fourth-order valence-corrected chi connectivity index (χ4v) is 3.85. The van der Waals surface area contributed by atoms with Gasteiger partial charge in [-0.1, -0.05) is 0 Å². The molecule has 1 aliphatic heterocycles. The van der Waals surface area contributed by atoms with E-state index in [2.05, 4.69) is 0 Å². The van der Waals surface area contributed by atoms with Gasteiger partial charge in [-0.3, -0.25) is 0 Å². The molecule has 7 heteroatoms. The molecule has 1 aromatic rings. The minimum atomic E-state index is -3.49. The molecule has 2 rings (SSSR count). The van der Waals surface area contributed by atoms with Gasteiger partial charge in [0.15, 0.2) is 0 Å². The van der Waals surface area contributed by atoms with Crippen LogP contribution in [0.25, 0.3) is 0 Å². The summed E-state index contributed by atoms with van der Waals surface area (Å²) in [6.45, 7) is 1.02. The molecule has 0 spiro atoms. The van der Waals surface area contributed by atoms with E-state index in [-0.39, 0.29) is 24.2 Å². The number of hydrogen-bond donors (Lipinski definition) is 1. The molecular weight excluding hydrogens is 294 g/mol. The van der Waals surface area contributed by atoms with Crippen molar-refractivity contribution in [2.24, 2.45) is 0 Å². The smallest absolute Gasteiger partial charge is 0.243 e. The predicted octanol–water partition coefficient (Wildman–Crippen LogP) is 0.857. The Morgan fingerprint density at radius 1 is 1.33 bits per heavy atom. The first-order valence-electron chi connectivity index (χ1n) is 6.94. The van der Waals surface area contributed by atoms with Crippen molar-refractivity contribution >= 4 is 10.0 Å². The lowest BCUT2D eigenvalue weighted by atomic mass is 10.1. The van der Waals surface area contributed by atoms with Crippen LogP contribution in [0.15, 0.2) is 29.2 Å². The summed E-state index contributed by atoms with van der Waals surface area (Å²) in [7, 11) is -1.89. The lowest BCUT2D eigenvalue weighted by Gasteiger charge is -2.31. The van der Waals surface area contributed by atoms with Crippen LogP contribution in [0.1, 0.15) is 12.8 Å². The Morgan fingerprint density at radius 2 is 2.05 bits per heavy atom. The van der Waals surface area contributed by atoms with Crippen molar-refractivity contribution in [1.29, 1.82) is 0 Å². The quantitative estimate of drug-likeness (QED) is 0.842. The molecule has 0 bridgehead atoms. The van der Waals surface area contributed by atoms with Crippen molar-refractivity contribution in [3.05, 3.63) is 24.3 Å². The number of aliphatic hydroxyl groups excluding tert-OH is 1. The van der Waals surface area contributed by atoms with E-state index in [1.165, 1.54) is 16.4 Å². The molecule has 6 nitrogen and oxygen atoms in total. The number of methoxy groups -OCH3 is 1. The molecule has 0 amide bonds. The molecular formula is C14H21NO5S. The molecule has 1 aromatic carbocycles. The number of hydrogen-bond acceptors (Lipinski definition) is 5. The second-order valence-electron chi connectivity index (χ2n) is 4.91. The molecule has 1 unspecified atom stereocenters. The first-order chi connectivity index (χ1) is 10.1. The minimum absolute atomic E-state index is 0.0410. The predicted molar refractivity (Wildman–Crippen MR) is 77.8 cm³/mol. The third-order valence-electron chi connectivity index (χ3n) is 3.50. The van der Waals surface area contributed by atoms with E-state index in [4.69, 9.17) is 14.6 Å². The van der Waals surface area contributed by atoms with Crippen LogP contribution in [0.5, 0.6) is 5.75 Å². The lowest BCUT2D eigenvalue weighted by molar-refractivity contribution is 0.0572. The molecule has 1 aliphatic rings. The van der Waals surface area contributed by atoms with Gasteiger partial charge in [0.05, 0.1) is 17.6 Å². The Hall–Kier alpha value is -1.15. The zero-order valence-corrected chi connectivity index (χ0v) is 12.9. The highest BCUT2D eigenvalue weighted by atomic mass is 32.2. The summed E-state index contributed by atoms with van der Waals surface area (Å²) in [6.07, 6.45) is 1.65. The van der Waals surface area contributed by atoms with Gasteiger partial charge in [-0.15, -0.1) is 0 Å². The maximum absolute atomic E-state index is 12.6. The monoisotopic (exact) mass is 315 g/mol. The normalized spacial score (nSPS) is 20.4. The van der Waals surface area contributed by atoms with Gasteiger partial charge < -0.3 is 14.6 Å². The number of nitrogens with zero attached hydrogens (tertiary/aromatic N) is 1. The molecule has 0 aromatic heterocycles. The zero-order valence-electron chi connectivity index (χ0n) is 12.1. The van der Waals surface area contributed by atoms with Crippen LogP contribution in [0, 0.1) is 0 Å². The summed E-state index contributed by atoms with van der Waals surface area (Å²) in [5.41, 5.74) is 0. The average molecular weight is 315 g/mol. The zero-order chi connectivity index (χ0) is 15.3. The van der Waals surface area contributed by atoms with E-state index in [1.54, 1.807) is 19.2 Å². The summed E-state index contributed by atoms with van der Waals surface area (Å²) < 4.78 is 37.1. The molecule has 0 aliphatic carbocycles. The average Bonchev–Trinajstić information content (AvgIpc) is 2.53. The number of rotatable bonds is 6. The van der Waals surface area contributed by atoms with Crippen molar-refractivity contribution in [2.75, 3.05) is 33.4 Å². The SMILES string of the molecule is COC1CCCN(S(=O)(=O)c2ccc(OCCO)cc2)C1. The fourth-order valence-electron chi connectivity index (χ4n) is 2.34. The molecule has 21 heavy (non-hydrogen) atoms. The van der Waals surface area contributed by atoms with Gasteiger partial charge in [-0.25, -0.2) is 8.42 Å². The number of sulfonamides is 1. The Balaban J connectivity index is 2.11. The number of piperidine rings is 1. The molecule has 118 valence electrons. The van der Waals surface area contributed by atoms with Crippen LogP contribution in [0.4, 0.5) is 0 Å². The second kappa shape index (κ2) is 7.22. The molecule has 0 radical (unpaired) electrons. The van der Waals surface area contributed by atoms with Crippen LogP contribution < -0.4 is 4.74 Å². The third kappa shape index (κ3) is 3.94. The van der Waals surface area contributed by atoms with Gasteiger partial charge in [0.25, 0.3) is 0 Å². The van der Waals surface area contributed by atoms with Gasteiger partial charge in [-0.2, -0.15) is 4.31 Å². The van der Waals surface area contributed by atoms with E-state index < -0.39 is 10.0 Å². The largest absolute Gasteiger partial charge is 0.491 e. The van der Waals surface area contributed by atoms with Crippen LogP contribution >= 0.6 is 0 Å². The van der Waals surface area contributed by atoms with Gasteiger partial charge >= 0.3 is 0 Å². The van der Waals surface area contributed by atoms with Crippen LogP contribution in [0.2, 0.25) is 0 Å². The van der Waals surface area contributed by atoms with Crippen molar-refractivity contribution in [3.8, 4) is 5.75 Å². The van der Waals surface area contributed by atoms with Gasteiger partial charge in [0, 0.05) is 20.2 Å². The first-order valence-corrected chi connectivity index (χ1v) is 8.38. The minimum Gasteiger partial charge on any atom is -0.491 e. The third-order valence-corrected chi connectivity index (χ3v) is 5.38. The lowest BCUT2D eigenvalue weighted by Crippen LogP contribution is -2.42. The highest BCUT2D eigenvalue weighted by Gasteiger charge is 2.30. The van der Waals surface area contributed by atoms with E-state index in [0.29, 0.717) is 18.8 Å². The topological polar surface area (TPSA) is 76.1 Å². The van der Waals surface area contributed by atoms with Crippen molar-refractivity contribution in [1.82, 2.24) is 4.31 Å². The molecule has 1 atom stereocenters. The molecule has 1 N–H and O–H groups in total. The molecule has 0 saturated carbocycles.